The zero-order valence-electron chi connectivity index (χ0n) is 14.8. The first kappa shape index (κ1) is 19.1. The molecule has 7 nitrogen and oxygen atoms in total. The molecule has 2 amide bonds. The molecule has 2 N–H and O–H groups in total. The molecule has 0 atom stereocenters. The van der Waals surface area contributed by atoms with Gasteiger partial charge in [-0.05, 0) is 36.4 Å². The summed E-state index contributed by atoms with van der Waals surface area (Å²) in [5.74, 6) is 1.22. The summed E-state index contributed by atoms with van der Waals surface area (Å²) in [6.45, 7) is 0.521. The lowest BCUT2D eigenvalue weighted by molar-refractivity contribution is -0.120. The summed E-state index contributed by atoms with van der Waals surface area (Å²) in [5, 5.41) is 5.24. The van der Waals surface area contributed by atoms with Crippen LogP contribution in [-0.4, -0.2) is 45.7 Å². The van der Waals surface area contributed by atoms with Crippen LogP contribution < -0.4 is 24.8 Å². The molecule has 2 rings (SSSR count). The van der Waals surface area contributed by atoms with Gasteiger partial charge in [0.05, 0.1) is 32.9 Å². The standard InChI is InChI=1S/C19H22N2O5/c1-24-14-7-9-15(10-8-14)26-12-11-20-18(22)13-21-19(23)16-5-3-4-6-17(16)25-2/h3-10H,11-13H2,1-2H3,(H,20,22)(H,21,23). The second-order valence-corrected chi connectivity index (χ2v) is 5.26. The normalized spacial score (nSPS) is 9.92. The van der Waals surface area contributed by atoms with E-state index in [1.54, 1.807) is 55.6 Å². The van der Waals surface area contributed by atoms with Crippen LogP contribution in [0.1, 0.15) is 10.4 Å². The van der Waals surface area contributed by atoms with E-state index in [0.29, 0.717) is 30.2 Å². The highest BCUT2D eigenvalue weighted by Gasteiger charge is 2.12. The first-order chi connectivity index (χ1) is 12.6. The van der Waals surface area contributed by atoms with E-state index in [9.17, 15) is 9.59 Å². The third-order valence-electron chi connectivity index (χ3n) is 3.51. The molecule has 0 heterocycles. The highest BCUT2D eigenvalue weighted by atomic mass is 16.5. The number of hydrogen-bond acceptors (Lipinski definition) is 5. The molecule has 0 unspecified atom stereocenters. The molecule has 0 spiro atoms. The summed E-state index contributed by atoms with van der Waals surface area (Å²) in [6.07, 6.45) is 0. The molecule has 0 aromatic heterocycles. The van der Waals surface area contributed by atoms with Gasteiger partial charge in [-0.3, -0.25) is 9.59 Å². The molecule has 0 saturated carbocycles. The first-order valence-electron chi connectivity index (χ1n) is 8.09. The van der Waals surface area contributed by atoms with E-state index in [1.165, 1.54) is 7.11 Å². The van der Waals surface area contributed by atoms with Gasteiger partial charge < -0.3 is 24.8 Å². The first-order valence-corrected chi connectivity index (χ1v) is 8.09. The minimum absolute atomic E-state index is 0.126. The Morgan fingerprint density at radius 2 is 1.58 bits per heavy atom. The summed E-state index contributed by atoms with van der Waals surface area (Å²) < 4.78 is 15.7. The lowest BCUT2D eigenvalue weighted by Crippen LogP contribution is -2.38. The SMILES string of the molecule is COc1ccc(OCCNC(=O)CNC(=O)c2ccccc2OC)cc1. The van der Waals surface area contributed by atoms with Crippen molar-refractivity contribution in [3.8, 4) is 17.2 Å². The van der Waals surface area contributed by atoms with E-state index >= 15 is 0 Å². The number of carbonyl (C=O) groups is 2. The lowest BCUT2D eigenvalue weighted by atomic mass is 10.2. The Hall–Kier alpha value is -3.22. The van der Waals surface area contributed by atoms with Crippen LogP contribution >= 0.6 is 0 Å². The van der Waals surface area contributed by atoms with Crippen molar-refractivity contribution in [1.82, 2.24) is 10.6 Å². The van der Waals surface area contributed by atoms with Crippen LogP contribution in [0.15, 0.2) is 48.5 Å². The minimum Gasteiger partial charge on any atom is -0.497 e. The molecule has 0 bridgehead atoms. The van der Waals surface area contributed by atoms with Crippen LogP contribution in [0.5, 0.6) is 17.2 Å². The Labute approximate surface area is 152 Å². The largest absolute Gasteiger partial charge is 0.497 e. The number of nitrogens with one attached hydrogen (secondary N) is 2. The molecule has 0 aliphatic rings. The molecule has 0 saturated heterocycles. The Kier molecular flexibility index (Phi) is 7.30. The number of hydrogen-bond donors (Lipinski definition) is 2. The van der Waals surface area contributed by atoms with Gasteiger partial charge in [-0.25, -0.2) is 0 Å². The number of benzene rings is 2. The van der Waals surface area contributed by atoms with E-state index in [-0.39, 0.29) is 18.4 Å². The van der Waals surface area contributed by atoms with Crippen molar-refractivity contribution in [3.05, 3.63) is 54.1 Å². The number of ether oxygens (including phenoxy) is 3. The number of rotatable bonds is 9. The smallest absolute Gasteiger partial charge is 0.255 e. The van der Waals surface area contributed by atoms with E-state index in [2.05, 4.69) is 10.6 Å². The van der Waals surface area contributed by atoms with Crippen molar-refractivity contribution in [2.75, 3.05) is 33.9 Å². The van der Waals surface area contributed by atoms with Gasteiger partial charge in [0.1, 0.15) is 23.9 Å². The fraction of sp³-hybridized carbons (Fsp3) is 0.263. The average Bonchev–Trinajstić information content (AvgIpc) is 2.69. The average molecular weight is 358 g/mol. The van der Waals surface area contributed by atoms with E-state index < -0.39 is 0 Å². The Bertz CT molecular complexity index is 731. The fourth-order valence-corrected chi connectivity index (χ4v) is 2.18. The number of methoxy groups -OCH3 is 2. The molecule has 2 aromatic carbocycles. The Morgan fingerprint density at radius 1 is 0.885 bits per heavy atom. The third-order valence-corrected chi connectivity index (χ3v) is 3.51. The van der Waals surface area contributed by atoms with Crippen LogP contribution in [0.3, 0.4) is 0 Å². The van der Waals surface area contributed by atoms with Crippen molar-refractivity contribution in [3.63, 3.8) is 0 Å². The predicted octanol–water partition coefficient (Wildman–Crippen LogP) is 1.63. The van der Waals surface area contributed by atoms with Gasteiger partial charge in [0, 0.05) is 0 Å². The van der Waals surface area contributed by atoms with Crippen LogP contribution in [0, 0.1) is 0 Å². The zero-order chi connectivity index (χ0) is 18.8. The molecule has 0 aliphatic heterocycles. The van der Waals surface area contributed by atoms with Gasteiger partial charge in [0.2, 0.25) is 5.91 Å². The van der Waals surface area contributed by atoms with Gasteiger partial charge in [-0.2, -0.15) is 0 Å². The topological polar surface area (TPSA) is 85.9 Å². The predicted molar refractivity (Wildman–Crippen MR) is 96.8 cm³/mol. The Morgan fingerprint density at radius 3 is 2.27 bits per heavy atom. The summed E-state index contributed by atoms with van der Waals surface area (Å²) >= 11 is 0. The summed E-state index contributed by atoms with van der Waals surface area (Å²) in [4.78, 5) is 23.9. The fourth-order valence-electron chi connectivity index (χ4n) is 2.18. The molecule has 2 aromatic rings. The molecule has 0 aliphatic carbocycles. The van der Waals surface area contributed by atoms with Gasteiger partial charge in [0.25, 0.3) is 5.91 Å². The van der Waals surface area contributed by atoms with Gasteiger partial charge in [-0.15, -0.1) is 0 Å². The van der Waals surface area contributed by atoms with Crippen LogP contribution in [0.25, 0.3) is 0 Å². The maximum atomic E-state index is 12.1. The van der Waals surface area contributed by atoms with Crippen LogP contribution in [0.4, 0.5) is 0 Å². The molecule has 26 heavy (non-hydrogen) atoms. The summed E-state index contributed by atoms with van der Waals surface area (Å²) in [6, 6.07) is 14.0. The van der Waals surface area contributed by atoms with Gasteiger partial charge >= 0.3 is 0 Å². The van der Waals surface area contributed by atoms with Crippen molar-refractivity contribution >= 4 is 11.8 Å². The zero-order valence-corrected chi connectivity index (χ0v) is 14.8. The van der Waals surface area contributed by atoms with E-state index in [1.807, 2.05) is 0 Å². The summed E-state index contributed by atoms with van der Waals surface area (Å²) in [7, 11) is 3.08. The van der Waals surface area contributed by atoms with Crippen molar-refractivity contribution in [2.24, 2.45) is 0 Å². The van der Waals surface area contributed by atoms with Gasteiger partial charge in [0.15, 0.2) is 0 Å². The maximum absolute atomic E-state index is 12.1. The number of para-hydroxylation sites is 1. The quantitative estimate of drug-likeness (QED) is 0.666. The monoisotopic (exact) mass is 358 g/mol. The van der Waals surface area contributed by atoms with E-state index in [4.69, 9.17) is 14.2 Å². The molecule has 0 radical (unpaired) electrons. The summed E-state index contributed by atoms with van der Waals surface area (Å²) in [5.41, 5.74) is 0.380. The molecular weight excluding hydrogens is 336 g/mol. The van der Waals surface area contributed by atoms with Gasteiger partial charge in [-0.1, -0.05) is 12.1 Å². The van der Waals surface area contributed by atoms with E-state index in [0.717, 1.165) is 5.75 Å². The molecule has 7 heteroatoms. The highest BCUT2D eigenvalue weighted by molar-refractivity contribution is 5.98. The third kappa shape index (κ3) is 5.70. The van der Waals surface area contributed by atoms with Crippen LogP contribution in [-0.2, 0) is 4.79 Å². The van der Waals surface area contributed by atoms with Crippen LogP contribution in [0.2, 0.25) is 0 Å². The molecular formula is C19H22N2O5. The molecule has 138 valence electrons. The second-order valence-electron chi connectivity index (χ2n) is 5.26. The highest BCUT2D eigenvalue weighted by Crippen LogP contribution is 2.17. The Balaban J connectivity index is 1.67. The number of carbonyl (C=O) groups excluding carboxylic acids is 2. The second kappa shape index (κ2) is 9.93. The van der Waals surface area contributed by atoms with Crippen molar-refractivity contribution < 1.29 is 23.8 Å². The maximum Gasteiger partial charge on any atom is 0.255 e. The van der Waals surface area contributed by atoms with Crippen molar-refractivity contribution in [2.45, 2.75) is 0 Å². The lowest BCUT2D eigenvalue weighted by Gasteiger charge is -2.10. The van der Waals surface area contributed by atoms with Crippen molar-refractivity contribution in [1.29, 1.82) is 0 Å². The number of amides is 2. The minimum atomic E-state index is -0.368. The molecule has 0 fully saturated rings.